The van der Waals surface area contributed by atoms with Gasteiger partial charge in [-0.1, -0.05) is 24.8 Å². The minimum atomic E-state index is -0.504. The summed E-state index contributed by atoms with van der Waals surface area (Å²) < 4.78 is 7.05. The number of aryl methyl sites for hydroxylation is 1. The average molecular weight is 257 g/mol. The number of nitrogens with zero attached hydrogens (tertiary/aromatic N) is 1. The number of benzene rings is 1. The van der Waals surface area contributed by atoms with Crippen molar-refractivity contribution in [3.8, 4) is 0 Å². The average Bonchev–Trinajstić information content (AvgIpc) is 2.62. The molecule has 0 aliphatic heterocycles. The normalized spacial score (nSPS) is 11.6. The van der Waals surface area contributed by atoms with Crippen molar-refractivity contribution in [3.63, 3.8) is 0 Å². The van der Waals surface area contributed by atoms with Gasteiger partial charge in [0.1, 0.15) is 5.60 Å². The molecule has 1 heterocycles. The molecule has 100 valence electrons. The predicted octanol–water partition coefficient (Wildman–Crippen LogP) is 4.38. The molecule has 3 heteroatoms. The zero-order valence-electron chi connectivity index (χ0n) is 11.9. The lowest BCUT2D eigenvalue weighted by molar-refractivity contribution is 0.0542. The molecule has 3 nitrogen and oxygen atoms in total. The van der Waals surface area contributed by atoms with Crippen molar-refractivity contribution in [2.24, 2.45) is 0 Å². The number of hydrogen-bond donors (Lipinski definition) is 0. The van der Waals surface area contributed by atoms with Crippen LogP contribution in [0.15, 0.2) is 30.8 Å². The molecule has 0 saturated carbocycles. The zero-order valence-corrected chi connectivity index (χ0v) is 11.9. The van der Waals surface area contributed by atoms with E-state index in [0.29, 0.717) is 0 Å². The monoisotopic (exact) mass is 257 g/mol. The lowest BCUT2D eigenvalue weighted by Gasteiger charge is -2.20. The van der Waals surface area contributed by atoms with Gasteiger partial charge in [0.15, 0.2) is 0 Å². The fraction of sp³-hybridized carbons (Fsp3) is 0.312. The molecule has 0 bridgehead atoms. The number of hydrogen-bond acceptors (Lipinski definition) is 2. The van der Waals surface area contributed by atoms with E-state index in [1.165, 1.54) is 0 Å². The van der Waals surface area contributed by atoms with Crippen LogP contribution in [0.25, 0.3) is 17.0 Å². The van der Waals surface area contributed by atoms with E-state index in [-0.39, 0.29) is 6.09 Å². The van der Waals surface area contributed by atoms with Crippen LogP contribution in [0.4, 0.5) is 4.79 Å². The minimum Gasteiger partial charge on any atom is -0.443 e. The Bertz CT molecular complexity index is 645. The van der Waals surface area contributed by atoms with E-state index in [9.17, 15) is 4.79 Å². The molecule has 0 aliphatic rings. The summed E-state index contributed by atoms with van der Waals surface area (Å²) >= 11 is 0. The lowest BCUT2D eigenvalue weighted by atomic mass is 10.1. The third kappa shape index (κ3) is 2.55. The summed E-state index contributed by atoms with van der Waals surface area (Å²) in [5.41, 5.74) is 2.22. The van der Waals surface area contributed by atoms with Crippen LogP contribution in [0.3, 0.4) is 0 Å². The quantitative estimate of drug-likeness (QED) is 0.759. The Morgan fingerprint density at radius 1 is 1.37 bits per heavy atom. The first kappa shape index (κ1) is 13.4. The Hall–Kier alpha value is -2.03. The third-order valence-electron chi connectivity index (χ3n) is 2.86. The standard InChI is InChI=1S/C16H19NO2/c1-6-12-8-7-9-14-13(12)10-11(2)17(14)15(18)19-16(3,4)5/h6-10H,1H2,2-5H3. The molecule has 19 heavy (non-hydrogen) atoms. The van der Waals surface area contributed by atoms with Crippen molar-refractivity contribution in [1.82, 2.24) is 4.57 Å². The van der Waals surface area contributed by atoms with E-state index in [1.54, 1.807) is 10.6 Å². The Morgan fingerprint density at radius 2 is 2.05 bits per heavy atom. The highest BCUT2D eigenvalue weighted by atomic mass is 16.6. The fourth-order valence-corrected chi connectivity index (χ4v) is 2.11. The molecule has 0 amide bonds. The summed E-state index contributed by atoms with van der Waals surface area (Å²) in [6, 6.07) is 7.80. The topological polar surface area (TPSA) is 31.2 Å². The Kier molecular flexibility index (Phi) is 3.23. The van der Waals surface area contributed by atoms with Crippen LogP contribution in [0.2, 0.25) is 0 Å². The number of aromatic nitrogens is 1. The Morgan fingerprint density at radius 3 is 2.63 bits per heavy atom. The van der Waals surface area contributed by atoms with Gasteiger partial charge in [0.2, 0.25) is 0 Å². The van der Waals surface area contributed by atoms with Crippen molar-refractivity contribution >= 4 is 23.1 Å². The first-order chi connectivity index (χ1) is 8.83. The second kappa shape index (κ2) is 4.57. The van der Waals surface area contributed by atoms with Gasteiger partial charge in [-0.15, -0.1) is 0 Å². The van der Waals surface area contributed by atoms with E-state index >= 15 is 0 Å². The van der Waals surface area contributed by atoms with Crippen molar-refractivity contribution < 1.29 is 9.53 Å². The largest absolute Gasteiger partial charge is 0.443 e. The van der Waals surface area contributed by atoms with Gasteiger partial charge in [0.05, 0.1) is 5.52 Å². The highest BCUT2D eigenvalue weighted by Gasteiger charge is 2.21. The van der Waals surface area contributed by atoms with Crippen molar-refractivity contribution in [2.75, 3.05) is 0 Å². The summed E-state index contributed by atoms with van der Waals surface area (Å²) in [5, 5.41) is 1.01. The first-order valence-electron chi connectivity index (χ1n) is 6.30. The Balaban J connectivity index is 2.58. The van der Waals surface area contributed by atoms with Crippen molar-refractivity contribution in [2.45, 2.75) is 33.3 Å². The molecular formula is C16H19NO2. The summed E-state index contributed by atoms with van der Waals surface area (Å²) in [6.45, 7) is 11.3. The summed E-state index contributed by atoms with van der Waals surface area (Å²) in [5.74, 6) is 0. The van der Waals surface area contributed by atoms with Gasteiger partial charge in [-0.05, 0) is 45.4 Å². The number of ether oxygens (including phenoxy) is 1. The maximum absolute atomic E-state index is 12.3. The molecule has 0 radical (unpaired) electrons. The molecular weight excluding hydrogens is 238 g/mol. The molecule has 0 spiro atoms. The van der Waals surface area contributed by atoms with Crippen LogP contribution in [0.1, 0.15) is 32.0 Å². The smallest absolute Gasteiger partial charge is 0.419 e. The fourth-order valence-electron chi connectivity index (χ4n) is 2.11. The van der Waals surface area contributed by atoms with E-state index in [1.807, 2.05) is 52.0 Å². The number of fused-ring (bicyclic) bond motifs is 1. The summed E-state index contributed by atoms with van der Waals surface area (Å²) in [7, 11) is 0. The van der Waals surface area contributed by atoms with Gasteiger partial charge in [0, 0.05) is 11.1 Å². The molecule has 0 unspecified atom stereocenters. The predicted molar refractivity (Wildman–Crippen MR) is 78.4 cm³/mol. The molecule has 2 aromatic rings. The zero-order chi connectivity index (χ0) is 14.2. The van der Waals surface area contributed by atoms with Gasteiger partial charge in [-0.2, -0.15) is 0 Å². The van der Waals surface area contributed by atoms with Crippen LogP contribution < -0.4 is 0 Å². The van der Waals surface area contributed by atoms with E-state index in [0.717, 1.165) is 22.2 Å². The third-order valence-corrected chi connectivity index (χ3v) is 2.86. The second-order valence-electron chi connectivity index (χ2n) is 5.59. The number of rotatable bonds is 1. The van der Waals surface area contributed by atoms with E-state index in [2.05, 4.69) is 6.58 Å². The van der Waals surface area contributed by atoms with Gasteiger partial charge in [0.25, 0.3) is 0 Å². The van der Waals surface area contributed by atoms with Gasteiger partial charge < -0.3 is 4.74 Å². The van der Waals surface area contributed by atoms with Crippen LogP contribution in [-0.2, 0) is 4.74 Å². The van der Waals surface area contributed by atoms with Crippen LogP contribution in [0, 0.1) is 6.92 Å². The maximum Gasteiger partial charge on any atom is 0.419 e. The molecule has 0 atom stereocenters. The molecule has 2 rings (SSSR count). The highest BCUT2D eigenvalue weighted by molar-refractivity contribution is 5.95. The number of carbonyl (C=O) groups excluding carboxylic acids is 1. The lowest BCUT2D eigenvalue weighted by Crippen LogP contribution is -2.27. The summed E-state index contributed by atoms with van der Waals surface area (Å²) in [4.78, 5) is 12.3. The van der Waals surface area contributed by atoms with Gasteiger partial charge in [-0.25, -0.2) is 9.36 Å². The molecule has 0 N–H and O–H groups in total. The minimum absolute atomic E-state index is 0.346. The van der Waals surface area contributed by atoms with Crippen LogP contribution in [0.5, 0.6) is 0 Å². The Labute approximate surface area is 113 Å². The van der Waals surface area contributed by atoms with Gasteiger partial charge >= 0.3 is 6.09 Å². The summed E-state index contributed by atoms with van der Waals surface area (Å²) in [6.07, 6.45) is 1.45. The van der Waals surface area contributed by atoms with Crippen LogP contribution in [-0.4, -0.2) is 16.3 Å². The van der Waals surface area contributed by atoms with Crippen molar-refractivity contribution in [3.05, 3.63) is 42.1 Å². The van der Waals surface area contributed by atoms with Gasteiger partial charge in [-0.3, -0.25) is 0 Å². The highest BCUT2D eigenvalue weighted by Crippen LogP contribution is 2.25. The molecule has 0 saturated heterocycles. The molecule has 1 aromatic carbocycles. The van der Waals surface area contributed by atoms with Crippen LogP contribution >= 0.6 is 0 Å². The van der Waals surface area contributed by atoms with E-state index in [4.69, 9.17) is 4.74 Å². The van der Waals surface area contributed by atoms with E-state index < -0.39 is 5.60 Å². The first-order valence-corrected chi connectivity index (χ1v) is 6.30. The molecule has 0 aliphatic carbocycles. The van der Waals surface area contributed by atoms with Crippen molar-refractivity contribution in [1.29, 1.82) is 0 Å². The second-order valence-corrected chi connectivity index (χ2v) is 5.59. The molecule has 0 fully saturated rings. The SMILES string of the molecule is C=Cc1cccc2c1cc(C)n2C(=O)OC(C)(C)C. The number of carbonyl (C=O) groups is 1. The molecule has 1 aromatic heterocycles. The maximum atomic E-state index is 12.3.